The summed E-state index contributed by atoms with van der Waals surface area (Å²) >= 11 is 0. The molecule has 0 saturated heterocycles. The van der Waals surface area contributed by atoms with Crippen LogP contribution in [0.4, 0.5) is 5.82 Å². The Labute approximate surface area is 107 Å². The van der Waals surface area contributed by atoms with Crippen LogP contribution in [0.5, 0.6) is 0 Å². The van der Waals surface area contributed by atoms with Gasteiger partial charge in [-0.3, -0.25) is 0 Å². The topological polar surface area (TPSA) is 30.9 Å². The fourth-order valence-electron chi connectivity index (χ4n) is 2.48. The molecule has 0 radical (unpaired) electrons. The van der Waals surface area contributed by atoms with Gasteiger partial charge in [0.2, 0.25) is 0 Å². The van der Waals surface area contributed by atoms with Crippen LogP contribution >= 0.6 is 0 Å². The van der Waals surface area contributed by atoms with Gasteiger partial charge >= 0.3 is 0 Å². The third-order valence-electron chi connectivity index (χ3n) is 3.48. The van der Waals surface area contributed by atoms with Gasteiger partial charge in [0.25, 0.3) is 0 Å². The molecule has 0 fully saturated rings. The second-order valence-electron chi connectivity index (χ2n) is 4.60. The zero-order chi connectivity index (χ0) is 12.5. The first-order chi connectivity index (χ1) is 8.77. The molecule has 90 valence electrons. The summed E-state index contributed by atoms with van der Waals surface area (Å²) in [6, 6.07) is 18.8. The standard InChI is InChI=1S/C16H16N2/c1-18-15-10-6-5-9-13(15)14(16(18)17)11-12-7-3-2-4-8-12/h2-10H,11,17H2,1H3. The van der Waals surface area contributed by atoms with Gasteiger partial charge in [0.05, 0.1) is 0 Å². The number of nitrogen functional groups attached to an aromatic ring is 1. The van der Waals surface area contributed by atoms with E-state index in [-0.39, 0.29) is 0 Å². The van der Waals surface area contributed by atoms with Crippen molar-refractivity contribution in [1.29, 1.82) is 0 Å². The maximum atomic E-state index is 6.23. The summed E-state index contributed by atoms with van der Waals surface area (Å²) in [5, 5.41) is 1.25. The molecule has 3 aromatic rings. The molecule has 1 aromatic heterocycles. The van der Waals surface area contributed by atoms with Crippen molar-refractivity contribution in [2.24, 2.45) is 7.05 Å². The molecule has 2 N–H and O–H groups in total. The number of fused-ring (bicyclic) bond motifs is 1. The van der Waals surface area contributed by atoms with Gasteiger partial charge in [0.15, 0.2) is 0 Å². The molecule has 0 atom stereocenters. The van der Waals surface area contributed by atoms with Crippen molar-refractivity contribution in [2.45, 2.75) is 6.42 Å². The molecular formula is C16H16N2. The molecule has 0 aliphatic heterocycles. The van der Waals surface area contributed by atoms with Crippen molar-refractivity contribution in [3.63, 3.8) is 0 Å². The number of nitrogens with two attached hydrogens (primary N) is 1. The number of para-hydroxylation sites is 1. The molecule has 0 aliphatic rings. The van der Waals surface area contributed by atoms with E-state index in [1.807, 2.05) is 19.2 Å². The number of anilines is 1. The Hall–Kier alpha value is -2.22. The van der Waals surface area contributed by atoms with E-state index in [2.05, 4.69) is 47.0 Å². The Morgan fingerprint density at radius 2 is 1.61 bits per heavy atom. The van der Waals surface area contributed by atoms with Crippen LogP contribution in [0.15, 0.2) is 54.6 Å². The monoisotopic (exact) mass is 236 g/mol. The fourth-order valence-corrected chi connectivity index (χ4v) is 2.48. The summed E-state index contributed by atoms with van der Waals surface area (Å²) in [5.74, 6) is 0.861. The zero-order valence-electron chi connectivity index (χ0n) is 10.4. The number of hydrogen-bond donors (Lipinski definition) is 1. The second-order valence-corrected chi connectivity index (χ2v) is 4.60. The van der Waals surface area contributed by atoms with Crippen LogP contribution in [-0.2, 0) is 13.5 Å². The predicted octanol–water partition coefficient (Wildman–Crippen LogP) is 3.35. The van der Waals surface area contributed by atoms with Gasteiger partial charge in [0, 0.05) is 29.9 Å². The molecular weight excluding hydrogens is 220 g/mol. The first-order valence-corrected chi connectivity index (χ1v) is 6.13. The Bertz CT molecular complexity index is 681. The number of nitrogens with zero attached hydrogens (tertiary/aromatic N) is 1. The molecule has 0 aliphatic carbocycles. The lowest BCUT2D eigenvalue weighted by molar-refractivity contribution is 0.973. The van der Waals surface area contributed by atoms with Gasteiger partial charge in [-0.25, -0.2) is 0 Å². The molecule has 0 unspecified atom stereocenters. The van der Waals surface area contributed by atoms with Crippen LogP contribution in [0.1, 0.15) is 11.1 Å². The molecule has 1 heterocycles. The van der Waals surface area contributed by atoms with E-state index >= 15 is 0 Å². The highest BCUT2D eigenvalue weighted by atomic mass is 15.0. The minimum absolute atomic E-state index is 0.861. The smallest absolute Gasteiger partial charge is 0.107 e. The van der Waals surface area contributed by atoms with E-state index in [0.29, 0.717) is 0 Å². The van der Waals surface area contributed by atoms with Gasteiger partial charge in [-0.1, -0.05) is 48.5 Å². The van der Waals surface area contributed by atoms with E-state index in [1.165, 1.54) is 22.0 Å². The summed E-state index contributed by atoms with van der Waals surface area (Å²) in [5.41, 5.74) is 9.94. The van der Waals surface area contributed by atoms with Gasteiger partial charge in [-0.2, -0.15) is 0 Å². The summed E-state index contributed by atoms with van der Waals surface area (Å²) < 4.78 is 2.06. The average Bonchev–Trinajstić information content (AvgIpc) is 2.66. The average molecular weight is 236 g/mol. The van der Waals surface area contributed by atoms with E-state index in [0.717, 1.165) is 12.2 Å². The number of rotatable bonds is 2. The zero-order valence-corrected chi connectivity index (χ0v) is 10.4. The first kappa shape index (κ1) is 10.9. The Morgan fingerprint density at radius 3 is 2.39 bits per heavy atom. The molecule has 18 heavy (non-hydrogen) atoms. The summed E-state index contributed by atoms with van der Waals surface area (Å²) in [4.78, 5) is 0. The highest BCUT2D eigenvalue weighted by Crippen LogP contribution is 2.29. The maximum absolute atomic E-state index is 6.23. The molecule has 0 spiro atoms. The van der Waals surface area contributed by atoms with Crippen molar-refractivity contribution >= 4 is 16.7 Å². The third kappa shape index (κ3) is 1.66. The Balaban J connectivity index is 2.15. The number of aryl methyl sites for hydroxylation is 1. The number of benzene rings is 2. The molecule has 0 amide bonds. The molecule has 3 rings (SSSR count). The highest BCUT2D eigenvalue weighted by Gasteiger charge is 2.12. The summed E-state index contributed by atoms with van der Waals surface area (Å²) in [6.07, 6.45) is 0.883. The molecule has 2 aromatic carbocycles. The highest BCUT2D eigenvalue weighted by molar-refractivity contribution is 5.89. The van der Waals surface area contributed by atoms with Crippen LogP contribution in [0.25, 0.3) is 10.9 Å². The van der Waals surface area contributed by atoms with Crippen molar-refractivity contribution in [2.75, 3.05) is 5.73 Å². The minimum Gasteiger partial charge on any atom is -0.385 e. The van der Waals surface area contributed by atoms with Crippen molar-refractivity contribution in [1.82, 2.24) is 4.57 Å². The molecule has 2 nitrogen and oxygen atoms in total. The third-order valence-corrected chi connectivity index (χ3v) is 3.48. The van der Waals surface area contributed by atoms with Gasteiger partial charge < -0.3 is 10.3 Å². The normalized spacial score (nSPS) is 10.9. The van der Waals surface area contributed by atoms with Crippen LogP contribution in [-0.4, -0.2) is 4.57 Å². The fraction of sp³-hybridized carbons (Fsp3) is 0.125. The predicted molar refractivity (Wildman–Crippen MR) is 76.6 cm³/mol. The molecule has 0 bridgehead atoms. The second kappa shape index (κ2) is 4.22. The number of hydrogen-bond acceptors (Lipinski definition) is 1. The van der Waals surface area contributed by atoms with Crippen LogP contribution in [0.2, 0.25) is 0 Å². The van der Waals surface area contributed by atoms with Gasteiger partial charge in [0.1, 0.15) is 5.82 Å². The van der Waals surface area contributed by atoms with Crippen molar-refractivity contribution in [3.8, 4) is 0 Å². The lowest BCUT2D eigenvalue weighted by atomic mass is 10.0. The summed E-state index contributed by atoms with van der Waals surface area (Å²) in [6.45, 7) is 0. The maximum Gasteiger partial charge on any atom is 0.107 e. The Morgan fingerprint density at radius 1 is 0.944 bits per heavy atom. The van der Waals surface area contributed by atoms with E-state index in [1.54, 1.807) is 0 Å². The quantitative estimate of drug-likeness (QED) is 0.726. The molecule has 2 heteroatoms. The van der Waals surface area contributed by atoms with Crippen LogP contribution in [0.3, 0.4) is 0 Å². The van der Waals surface area contributed by atoms with E-state index in [9.17, 15) is 0 Å². The number of aromatic nitrogens is 1. The van der Waals surface area contributed by atoms with Gasteiger partial charge in [-0.15, -0.1) is 0 Å². The lowest BCUT2D eigenvalue weighted by Crippen LogP contribution is -1.99. The van der Waals surface area contributed by atoms with Crippen molar-refractivity contribution < 1.29 is 0 Å². The summed E-state index contributed by atoms with van der Waals surface area (Å²) in [7, 11) is 2.02. The van der Waals surface area contributed by atoms with Crippen LogP contribution < -0.4 is 5.73 Å². The SMILES string of the molecule is Cn1c(N)c(Cc2ccccc2)c2ccccc21. The molecule has 0 saturated carbocycles. The van der Waals surface area contributed by atoms with Crippen molar-refractivity contribution in [3.05, 3.63) is 65.7 Å². The first-order valence-electron chi connectivity index (χ1n) is 6.13. The Kier molecular flexibility index (Phi) is 2.56. The lowest BCUT2D eigenvalue weighted by Gasteiger charge is -2.02. The van der Waals surface area contributed by atoms with Crippen LogP contribution in [0, 0.1) is 0 Å². The largest absolute Gasteiger partial charge is 0.385 e. The van der Waals surface area contributed by atoms with E-state index < -0.39 is 0 Å². The van der Waals surface area contributed by atoms with E-state index in [4.69, 9.17) is 5.73 Å². The van der Waals surface area contributed by atoms with Gasteiger partial charge in [-0.05, 0) is 11.6 Å². The minimum atomic E-state index is 0.861.